The summed E-state index contributed by atoms with van der Waals surface area (Å²) in [4.78, 5) is 7.05. The molecule has 0 saturated carbocycles. The van der Waals surface area contributed by atoms with Crippen molar-refractivity contribution in [3.05, 3.63) is 18.0 Å². The predicted octanol–water partition coefficient (Wildman–Crippen LogP) is 0.294. The second-order valence-corrected chi connectivity index (χ2v) is 7.08. The Kier molecular flexibility index (Phi) is 7.86. The van der Waals surface area contributed by atoms with E-state index in [2.05, 4.69) is 25.6 Å². The highest BCUT2D eigenvalue weighted by molar-refractivity contribution is 5.79. The number of aliphatic imine (C=N–C) groups is 1. The van der Waals surface area contributed by atoms with Gasteiger partial charge in [-0.05, 0) is 33.2 Å². The summed E-state index contributed by atoms with van der Waals surface area (Å²) in [5.41, 5.74) is -0.282. The molecule has 1 aliphatic heterocycles. The third-order valence-corrected chi connectivity index (χ3v) is 4.80. The lowest BCUT2D eigenvalue weighted by Gasteiger charge is -2.25. The highest BCUT2D eigenvalue weighted by Crippen LogP contribution is 2.20. The molecule has 1 saturated heterocycles. The van der Waals surface area contributed by atoms with Gasteiger partial charge >= 0.3 is 0 Å². The molecule has 0 radical (unpaired) electrons. The fourth-order valence-corrected chi connectivity index (χ4v) is 3.21. The van der Waals surface area contributed by atoms with Crippen LogP contribution in [0.4, 0.5) is 0 Å². The standard InChI is InChI=1S/C18H34N6O2/c1-5-19-17(20-12-16-7-6-8-24(16)9-10-26-4)21-14-18(2,25)15-11-22-23(3)13-15/h11,13,16,25H,5-10,12,14H2,1-4H3,(H2,19,20,21). The van der Waals surface area contributed by atoms with Gasteiger partial charge in [0.05, 0.1) is 19.3 Å². The molecule has 2 atom stereocenters. The molecule has 8 heteroatoms. The van der Waals surface area contributed by atoms with Gasteiger partial charge in [0.15, 0.2) is 5.96 Å². The number of hydrogen-bond donors (Lipinski definition) is 3. The Labute approximate surface area is 156 Å². The number of rotatable bonds is 9. The lowest BCUT2D eigenvalue weighted by atomic mass is 10.0. The molecule has 1 aromatic rings. The Morgan fingerprint density at radius 3 is 2.96 bits per heavy atom. The molecular weight excluding hydrogens is 332 g/mol. The van der Waals surface area contributed by atoms with Crippen molar-refractivity contribution in [1.29, 1.82) is 0 Å². The summed E-state index contributed by atoms with van der Waals surface area (Å²) in [7, 11) is 3.58. The Balaban J connectivity index is 1.91. The normalized spacial score (nSPS) is 21.0. The molecule has 0 spiro atoms. The van der Waals surface area contributed by atoms with Crippen LogP contribution < -0.4 is 10.6 Å². The minimum absolute atomic E-state index is 0.270. The predicted molar refractivity (Wildman–Crippen MR) is 103 cm³/mol. The van der Waals surface area contributed by atoms with Crippen LogP contribution in [0, 0.1) is 0 Å². The highest BCUT2D eigenvalue weighted by atomic mass is 16.5. The molecule has 26 heavy (non-hydrogen) atoms. The van der Waals surface area contributed by atoms with Crippen LogP contribution in [-0.4, -0.2) is 78.2 Å². The summed E-state index contributed by atoms with van der Waals surface area (Å²) in [6, 6.07) is 0.493. The monoisotopic (exact) mass is 366 g/mol. The van der Waals surface area contributed by atoms with E-state index in [1.807, 2.05) is 20.2 Å². The van der Waals surface area contributed by atoms with Gasteiger partial charge in [-0.3, -0.25) is 9.58 Å². The van der Waals surface area contributed by atoms with Crippen molar-refractivity contribution in [1.82, 2.24) is 25.3 Å². The van der Waals surface area contributed by atoms with Gasteiger partial charge in [-0.2, -0.15) is 5.10 Å². The van der Waals surface area contributed by atoms with E-state index in [1.54, 1.807) is 24.9 Å². The van der Waals surface area contributed by atoms with E-state index in [9.17, 15) is 5.11 Å². The number of methoxy groups -OCH3 is 1. The number of aromatic nitrogens is 2. The second kappa shape index (κ2) is 9.89. The van der Waals surface area contributed by atoms with Crippen LogP contribution in [0.5, 0.6) is 0 Å². The summed E-state index contributed by atoms with van der Waals surface area (Å²) in [5, 5.41) is 21.5. The van der Waals surface area contributed by atoms with Crippen LogP contribution in [0.1, 0.15) is 32.3 Å². The molecule has 1 aliphatic rings. The SMILES string of the molecule is CCNC(=NCC(C)(O)c1cnn(C)c1)NCC1CCCN1CCOC. The number of ether oxygens (including phenoxy) is 1. The van der Waals surface area contributed by atoms with E-state index in [1.165, 1.54) is 12.8 Å². The maximum absolute atomic E-state index is 10.7. The average molecular weight is 367 g/mol. The molecule has 0 aromatic carbocycles. The van der Waals surface area contributed by atoms with Crippen molar-refractivity contribution in [2.45, 2.75) is 38.3 Å². The Hall–Kier alpha value is -1.64. The Bertz CT molecular complexity index is 572. The number of nitrogens with zero attached hydrogens (tertiary/aromatic N) is 4. The minimum atomic E-state index is -1.05. The summed E-state index contributed by atoms with van der Waals surface area (Å²) >= 11 is 0. The van der Waals surface area contributed by atoms with Crippen LogP contribution in [0.25, 0.3) is 0 Å². The zero-order valence-corrected chi connectivity index (χ0v) is 16.5. The molecule has 1 fully saturated rings. The van der Waals surface area contributed by atoms with Crippen molar-refractivity contribution in [2.24, 2.45) is 12.0 Å². The first-order chi connectivity index (χ1) is 12.5. The van der Waals surface area contributed by atoms with Crippen molar-refractivity contribution in [2.75, 3.05) is 46.4 Å². The van der Waals surface area contributed by atoms with Crippen LogP contribution in [0.3, 0.4) is 0 Å². The summed E-state index contributed by atoms with van der Waals surface area (Å²) in [5.74, 6) is 0.732. The van der Waals surface area contributed by atoms with Gasteiger partial charge < -0.3 is 20.5 Å². The number of aryl methyl sites for hydroxylation is 1. The molecule has 0 bridgehead atoms. The van der Waals surface area contributed by atoms with Gasteiger partial charge in [0.25, 0.3) is 0 Å². The van der Waals surface area contributed by atoms with Gasteiger partial charge in [0.2, 0.25) is 0 Å². The zero-order chi connectivity index (χ0) is 19.0. The van der Waals surface area contributed by atoms with Gasteiger partial charge in [-0.15, -0.1) is 0 Å². The van der Waals surface area contributed by atoms with Crippen molar-refractivity contribution >= 4 is 5.96 Å². The number of hydrogen-bond acceptors (Lipinski definition) is 5. The molecule has 0 amide bonds. The number of aliphatic hydroxyl groups is 1. The lowest BCUT2D eigenvalue weighted by molar-refractivity contribution is 0.0671. The molecule has 148 valence electrons. The smallest absolute Gasteiger partial charge is 0.191 e. The van der Waals surface area contributed by atoms with Crippen LogP contribution in [0.2, 0.25) is 0 Å². The van der Waals surface area contributed by atoms with Gasteiger partial charge in [-0.1, -0.05) is 0 Å². The first-order valence-corrected chi connectivity index (χ1v) is 9.43. The third kappa shape index (κ3) is 5.96. The maximum Gasteiger partial charge on any atom is 0.191 e. The number of guanidine groups is 1. The third-order valence-electron chi connectivity index (χ3n) is 4.80. The molecule has 2 unspecified atom stereocenters. The Morgan fingerprint density at radius 1 is 1.50 bits per heavy atom. The quantitative estimate of drug-likeness (QED) is 0.430. The largest absolute Gasteiger partial charge is 0.383 e. The van der Waals surface area contributed by atoms with E-state index in [-0.39, 0.29) is 6.54 Å². The summed E-state index contributed by atoms with van der Waals surface area (Å²) in [6.07, 6.45) is 5.91. The van der Waals surface area contributed by atoms with E-state index in [4.69, 9.17) is 4.74 Å². The van der Waals surface area contributed by atoms with Crippen molar-refractivity contribution in [3.8, 4) is 0 Å². The first kappa shape index (κ1) is 20.7. The zero-order valence-electron chi connectivity index (χ0n) is 16.5. The second-order valence-electron chi connectivity index (χ2n) is 7.08. The van der Waals surface area contributed by atoms with E-state index < -0.39 is 5.60 Å². The van der Waals surface area contributed by atoms with Crippen molar-refractivity contribution in [3.63, 3.8) is 0 Å². The fourth-order valence-electron chi connectivity index (χ4n) is 3.21. The lowest BCUT2D eigenvalue weighted by Crippen LogP contribution is -2.46. The number of nitrogens with one attached hydrogen (secondary N) is 2. The molecule has 2 rings (SSSR count). The molecular formula is C18H34N6O2. The van der Waals surface area contributed by atoms with E-state index in [0.29, 0.717) is 6.04 Å². The molecule has 1 aromatic heterocycles. The van der Waals surface area contributed by atoms with Gasteiger partial charge in [0.1, 0.15) is 5.60 Å². The molecule has 3 N–H and O–H groups in total. The highest BCUT2D eigenvalue weighted by Gasteiger charge is 2.26. The van der Waals surface area contributed by atoms with E-state index >= 15 is 0 Å². The van der Waals surface area contributed by atoms with Crippen LogP contribution in [0.15, 0.2) is 17.4 Å². The maximum atomic E-state index is 10.7. The van der Waals surface area contributed by atoms with Gasteiger partial charge in [-0.25, -0.2) is 4.99 Å². The number of likely N-dealkylation sites (tertiary alicyclic amines) is 1. The fraction of sp³-hybridized carbons (Fsp3) is 0.778. The minimum Gasteiger partial charge on any atom is -0.383 e. The van der Waals surface area contributed by atoms with E-state index in [0.717, 1.165) is 44.3 Å². The van der Waals surface area contributed by atoms with Crippen LogP contribution in [-0.2, 0) is 17.4 Å². The molecule has 0 aliphatic carbocycles. The van der Waals surface area contributed by atoms with Crippen LogP contribution >= 0.6 is 0 Å². The van der Waals surface area contributed by atoms with Crippen molar-refractivity contribution < 1.29 is 9.84 Å². The average Bonchev–Trinajstić information content (AvgIpc) is 3.24. The summed E-state index contributed by atoms with van der Waals surface area (Å²) in [6.45, 7) is 8.54. The molecule has 2 heterocycles. The first-order valence-electron chi connectivity index (χ1n) is 9.43. The summed E-state index contributed by atoms with van der Waals surface area (Å²) < 4.78 is 6.89. The Morgan fingerprint density at radius 2 is 2.31 bits per heavy atom. The molecule has 8 nitrogen and oxygen atoms in total. The van der Waals surface area contributed by atoms with Gasteiger partial charge in [0, 0.05) is 51.6 Å². The topological polar surface area (TPSA) is 86.9 Å².